The zero-order chi connectivity index (χ0) is 20.3. The van der Waals surface area contributed by atoms with Gasteiger partial charge >= 0.3 is 0 Å². The van der Waals surface area contributed by atoms with Gasteiger partial charge in [-0.3, -0.25) is 9.89 Å². The molecule has 2 aromatic carbocycles. The highest BCUT2D eigenvalue weighted by Crippen LogP contribution is 2.17. The molecule has 3 rings (SSSR count). The predicted molar refractivity (Wildman–Crippen MR) is 117 cm³/mol. The molecular weight excluding hydrogens is 364 g/mol. The smallest absolute Gasteiger partial charge is 0.191 e. The molecule has 0 bridgehead atoms. The third-order valence-corrected chi connectivity index (χ3v) is 4.95. The summed E-state index contributed by atoms with van der Waals surface area (Å²) in [6.45, 7) is 8.68. The molecule has 2 aromatic rings. The van der Waals surface area contributed by atoms with E-state index in [4.69, 9.17) is 9.47 Å². The largest absolute Gasteiger partial charge is 0.492 e. The van der Waals surface area contributed by atoms with E-state index in [0.29, 0.717) is 13.2 Å². The quantitative estimate of drug-likeness (QED) is 0.531. The Kier molecular flexibility index (Phi) is 8.34. The Labute approximate surface area is 173 Å². The summed E-state index contributed by atoms with van der Waals surface area (Å²) in [5.74, 6) is 1.69. The van der Waals surface area contributed by atoms with Gasteiger partial charge in [0.1, 0.15) is 12.4 Å². The van der Waals surface area contributed by atoms with Crippen molar-refractivity contribution in [1.29, 1.82) is 0 Å². The van der Waals surface area contributed by atoms with Crippen LogP contribution in [-0.4, -0.2) is 57.4 Å². The summed E-state index contributed by atoms with van der Waals surface area (Å²) >= 11 is 0. The van der Waals surface area contributed by atoms with E-state index >= 15 is 0 Å². The lowest BCUT2D eigenvalue weighted by atomic mass is 10.1. The first-order valence-corrected chi connectivity index (χ1v) is 10.3. The Morgan fingerprint density at radius 3 is 2.66 bits per heavy atom. The molecule has 1 aliphatic heterocycles. The molecule has 6 nitrogen and oxygen atoms in total. The molecule has 0 amide bonds. The van der Waals surface area contributed by atoms with Gasteiger partial charge in [-0.15, -0.1) is 0 Å². The van der Waals surface area contributed by atoms with Gasteiger partial charge in [-0.2, -0.15) is 0 Å². The summed E-state index contributed by atoms with van der Waals surface area (Å²) in [6, 6.07) is 16.6. The average molecular weight is 397 g/mol. The lowest BCUT2D eigenvalue weighted by Crippen LogP contribution is -2.38. The van der Waals surface area contributed by atoms with Crippen LogP contribution < -0.4 is 15.4 Å². The van der Waals surface area contributed by atoms with Gasteiger partial charge in [0, 0.05) is 45.3 Å². The SMILES string of the molecule is CN=C(NCc1cccc(C)c1)NCc1ccccc1OCCN1CCOCC1. The van der Waals surface area contributed by atoms with Crippen molar-refractivity contribution in [3.8, 4) is 5.75 Å². The number of aryl methyl sites for hydroxylation is 1. The zero-order valence-electron chi connectivity index (χ0n) is 17.5. The molecule has 29 heavy (non-hydrogen) atoms. The Morgan fingerprint density at radius 2 is 1.86 bits per heavy atom. The Hall–Kier alpha value is -2.57. The molecule has 2 N–H and O–H groups in total. The molecule has 1 fully saturated rings. The van der Waals surface area contributed by atoms with E-state index < -0.39 is 0 Å². The first kappa shape index (κ1) is 21.1. The number of rotatable bonds is 8. The van der Waals surface area contributed by atoms with Crippen LogP contribution in [0, 0.1) is 6.92 Å². The minimum Gasteiger partial charge on any atom is -0.492 e. The number of nitrogens with zero attached hydrogens (tertiary/aromatic N) is 2. The van der Waals surface area contributed by atoms with Crippen molar-refractivity contribution in [3.63, 3.8) is 0 Å². The molecule has 0 aliphatic carbocycles. The summed E-state index contributed by atoms with van der Waals surface area (Å²) < 4.78 is 11.5. The number of benzene rings is 2. The number of nitrogens with one attached hydrogen (secondary N) is 2. The molecule has 1 aliphatic rings. The summed E-state index contributed by atoms with van der Waals surface area (Å²) in [7, 11) is 1.79. The fourth-order valence-corrected chi connectivity index (χ4v) is 3.31. The molecule has 0 spiro atoms. The minimum atomic E-state index is 0.654. The Morgan fingerprint density at radius 1 is 1.07 bits per heavy atom. The van der Waals surface area contributed by atoms with E-state index in [-0.39, 0.29) is 0 Å². The standard InChI is InChI=1S/C23H32N4O2/c1-19-6-5-7-20(16-19)17-25-23(24-2)26-18-21-8-3-4-9-22(21)29-15-12-27-10-13-28-14-11-27/h3-9,16H,10-15,17-18H2,1-2H3,(H2,24,25,26). The molecule has 6 heteroatoms. The van der Waals surface area contributed by atoms with Crippen molar-refractivity contribution in [2.45, 2.75) is 20.0 Å². The van der Waals surface area contributed by atoms with Crippen LogP contribution in [0.5, 0.6) is 5.75 Å². The van der Waals surface area contributed by atoms with Gasteiger partial charge in [-0.1, -0.05) is 48.0 Å². The van der Waals surface area contributed by atoms with Gasteiger partial charge in [0.2, 0.25) is 0 Å². The number of hydrogen-bond acceptors (Lipinski definition) is 4. The molecule has 1 saturated heterocycles. The Bertz CT molecular complexity index is 788. The molecule has 0 aromatic heterocycles. The monoisotopic (exact) mass is 396 g/mol. The van der Waals surface area contributed by atoms with E-state index in [9.17, 15) is 0 Å². The van der Waals surface area contributed by atoms with Crippen LogP contribution >= 0.6 is 0 Å². The molecule has 0 atom stereocenters. The third-order valence-electron chi connectivity index (χ3n) is 4.95. The fourth-order valence-electron chi connectivity index (χ4n) is 3.31. The normalized spacial score (nSPS) is 15.2. The third kappa shape index (κ3) is 7.07. The van der Waals surface area contributed by atoms with Crippen molar-refractivity contribution in [1.82, 2.24) is 15.5 Å². The molecule has 0 radical (unpaired) electrons. The van der Waals surface area contributed by atoms with Crippen LogP contribution in [0.1, 0.15) is 16.7 Å². The maximum atomic E-state index is 6.07. The van der Waals surface area contributed by atoms with Crippen LogP contribution in [0.3, 0.4) is 0 Å². The van der Waals surface area contributed by atoms with Crippen molar-refractivity contribution in [2.75, 3.05) is 46.5 Å². The summed E-state index contributed by atoms with van der Waals surface area (Å²) in [5, 5.41) is 6.75. The lowest BCUT2D eigenvalue weighted by molar-refractivity contribution is 0.0322. The van der Waals surface area contributed by atoms with Crippen LogP contribution in [0.2, 0.25) is 0 Å². The summed E-state index contributed by atoms with van der Waals surface area (Å²) in [6.07, 6.45) is 0. The van der Waals surface area contributed by atoms with Gasteiger partial charge < -0.3 is 20.1 Å². The lowest BCUT2D eigenvalue weighted by Gasteiger charge is -2.26. The molecule has 0 unspecified atom stereocenters. The minimum absolute atomic E-state index is 0.654. The van der Waals surface area contributed by atoms with E-state index in [1.165, 1.54) is 11.1 Å². The number of hydrogen-bond donors (Lipinski definition) is 2. The highest BCUT2D eigenvalue weighted by Gasteiger charge is 2.10. The highest BCUT2D eigenvalue weighted by atomic mass is 16.5. The average Bonchev–Trinajstić information content (AvgIpc) is 2.75. The number of ether oxygens (including phenoxy) is 2. The molecule has 1 heterocycles. The maximum Gasteiger partial charge on any atom is 0.191 e. The van der Waals surface area contributed by atoms with Crippen LogP contribution in [0.25, 0.3) is 0 Å². The first-order valence-electron chi connectivity index (χ1n) is 10.3. The number of guanidine groups is 1. The van der Waals surface area contributed by atoms with Crippen LogP contribution in [0.4, 0.5) is 0 Å². The summed E-state index contributed by atoms with van der Waals surface area (Å²) in [4.78, 5) is 6.71. The van der Waals surface area contributed by atoms with Crippen LogP contribution in [0.15, 0.2) is 53.5 Å². The number of para-hydroxylation sites is 1. The van der Waals surface area contributed by atoms with Gasteiger partial charge in [0.05, 0.1) is 13.2 Å². The second-order valence-electron chi connectivity index (χ2n) is 7.18. The van der Waals surface area contributed by atoms with E-state index in [1.807, 2.05) is 18.2 Å². The Balaban J connectivity index is 1.47. The maximum absolute atomic E-state index is 6.07. The molecule has 156 valence electrons. The zero-order valence-corrected chi connectivity index (χ0v) is 17.5. The van der Waals surface area contributed by atoms with E-state index in [1.54, 1.807) is 7.05 Å². The predicted octanol–water partition coefficient (Wildman–Crippen LogP) is 2.57. The van der Waals surface area contributed by atoms with Crippen molar-refractivity contribution in [3.05, 3.63) is 65.2 Å². The van der Waals surface area contributed by atoms with Crippen LogP contribution in [-0.2, 0) is 17.8 Å². The van der Waals surface area contributed by atoms with Gasteiger partial charge in [-0.25, -0.2) is 0 Å². The molecule has 0 saturated carbocycles. The van der Waals surface area contributed by atoms with E-state index in [2.05, 4.69) is 57.8 Å². The van der Waals surface area contributed by atoms with Crippen molar-refractivity contribution >= 4 is 5.96 Å². The summed E-state index contributed by atoms with van der Waals surface area (Å²) in [5.41, 5.74) is 3.61. The first-order chi connectivity index (χ1) is 14.2. The number of morpholine rings is 1. The van der Waals surface area contributed by atoms with Gasteiger partial charge in [0.25, 0.3) is 0 Å². The van der Waals surface area contributed by atoms with Gasteiger partial charge in [0.15, 0.2) is 5.96 Å². The van der Waals surface area contributed by atoms with Gasteiger partial charge in [-0.05, 0) is 18.6 Å². The van der Waals surface area contributed by atoms with Crippen molar-refractivity contribution in [2.24, 2.45) is 4.99 Å². The molecular formula is C23H32N4O2. The second-order valence-corrected chi connectivity index (χ2v) is 7.18. The fraction of sp³-hybridized carbons (Fsp3) is 0.435. The topological polar surface area (TPSA) is 58.1 Å². The van der Waals surface area contributed by atoms with Crippen molar-refractivity contribution < 1.29 is 9.47 Å². The van der Waals surface area contributed by atoms with E-state index in [0.717, 1.165) is 56.7 Å². The second kappa shape index (κ2) is 11.4. The number of aliphatic imine (C=N–C) groups is 1. The highest BCUT2D eigenvalue weighted by molar-refractivity contribution is 5.79.